The lowest BCUT2D eigenvalue weighted by molar-refractivity contribution is 0.136. The summed E-state index contributed by atoms with van der Waals surface area (Å²) in [4.78, 5) is 0. The number of nitrogens with one attached hydrogen (secondary N) is 1. The van der Waals surface area contributed by atoms with Gasteiger partial charge in [-0.05, 0) is 42.2 Å². The predicted octanol–water partition coefficient (Wildman–Crippen LogP) is 2.58. The highest BCUT2D eigenvalue weighted by molar-refractivity contribution is 5.37. The zero-order valence-electron chi connectivity index (χ0n) is 13.5. The van der Waals surface area contributed by atoms with Gasteiger partial charge in [0, 0.05) is 12.1 Å². The van der Waals surface area contributed by atoms with Crippen LogP contribution in [-0.4, -0.2) is 26.1 Å². The van der Waals surface area contributed by atoms with Crippen LogP contribution >= 0.6 is 0 Å². The number of aliphatic hydroxyl groups excluding tert-OH is 1. The van der Waals surface area contributed by atoms with Gasteiger partial charge in [0.1, 0.15) is 0 Å². The Balaban J connectivity index is 1.46. The molecule has 1 heterocycles. The number of aliphatic hydroxyl groups is 1. The van der Waals surface area contributed by atoms with Crippen molar-refractivity contribution in [1.29, 1.82) is 0 Å². The summed E-state index contributed by atoms with van der Waals surface area (Å²) in [6.07, 6.45) is 3.90. The van der Waals surface area contributed by atoms with Gasteiger partial charge >= 0.3 is 0 Å². The minimum absolute atomic E-state index is 0.0485. The van der Waals surface area contributed by atoms with E-state index < -0.39 is 6.10 Å². The molecule has 122 valence electrons. The van der Waals surface area contributed by atoms with Crippen LogP contribution in [0.5, 0.6) is 0 Å². The second-order valence-corrected chi connectivity index (χ2v) is 6.28. The van der Waals surface area contributed by atoms with Crippen LogP contribution in [0, 0.1) is 0 Å². The lowest BCUT2D eigenvalue weighted by atomic mass is 10.1. The molecule has 1 aliphatic rings. The first-order valence-corrected chi connectivity index (χ1v) is 8.21. The van der Waals surface area contributed by atoms with Crippen molar-refractivity contribution in [1.82, 2.24) is 20.3 Å². The highest BCUT2D eigenvalue weighted by atomic mass is 16.3. The number of nitrogens with zero attached hydrogens (tertiary/aromatic N) is 3. The van der Waals surface area contributed by atoms with Gasteiger partial charge in [0.15, 0.2) is 0 Å². The lowest BCUT2D eigenvalue weighted by Crippen LogP contribution is -2.34. The van der Waals surface area contributed by atoms with Gasteiger partial charge in [-0.25, -0.2) is 4.68 Å². The summed E-state index contributed by atoms with van der Waals surface area (Å²) in [5.41, 5.74) is 4.44. The Morgan fingerprint density at radius 1 is 1.17 bits per heavy atom. The molecule has 0 spiro atoms. The molecule has 2 N–H and O–H groups in total. The second kappa shape index (κ2) is 6.19. The molecule has 0 aliphatic heterocycles. The van der Waals surface area contributed by atoms with Crippen molar-refractivity contribution in [2.24, 2.45) is 0 Å². The Morgan fingerprint density at radius 2 is 1.96 bits per heavy atom. The van der Waals surface area contributed by atoms with E-state index in [1.165, 1.54) is 11.1 Å². The molecule has 1 aliphatic carbocycles. The molecule has 0 bridgehead atoms. The molecule has 2 aromatic carbocycles. The van der Waals surface area contributed by atoms with Gasteiger partial charge < -0.3 is 10.4 Å². The third kappa shape index (κ3) is 2.72. The molecule has 3 atom stereocenters. The molecule has 24 heavy (non-hydrogen) atoms. The Hall–Kier alpha value is -2.50. The Labute approximate surface area is 141 Å². The predicted molar refractivity (Wildman–Crippen MR) is 91.8 cm³/mol. The number of aromatic nitrogens is 3. The summed E-state index contributed by atoms with van der Waals surface area (Å²) < 4.78 is 1.74. The van der Waals surface area contributed by atoms with Crippen molar-refractivity contribution in [3.05, 3.63) is 77.6 Å². The van der Waals surface area contributed by atoms with Gasteiger partial charge in [-0.15, -0.1) is 5.10 Å². The summed E-state index contributed by atoms with van der Waals surface area (Å²) in [5, 5.41) is 21.9. The van der Waals surface area contributed by atoms with Gasteiger partial charge in [0.05, 0.1) is 24.2 Å². The third-order valence-electron chi connectivity index (χ3n) is 4.74. The fourth-order valence-corrected chi connectivity index (χ4v) is 3.40. The molecular formula is C19H20N4O. The van der Waals surface area contributed by atoms with Crippen molar-refractivity contribution < 1.29 is 5.11 Å². The molecule has 0 radical (unpaired) electrons. The first-order chi connectivity index (χ1) is 11.7. The van der Waals surface area contributed by atoms with Crippen molar-refractivity contribution in [2.75, 3.05) is 0 Å². The number of hydrogen-bond acceptors (Lipinski definition) is 4. The summed E-state index contributed by atoms with van der Waals surface area (Å²) in [5.74, 6) is 0. The first kappa shape index (κ1) is 15.1. The van der Waals surface area contributed by atoms with Gasteiger partial charge in [-0.1, -0.05) is 41.6 Å². The van der Waals surface area contributed by atoms with Crippen LogP contribution in [0.2, 0.25) is 0 Å². The zero-order chi connectivity index (χ0) is 16.5. The Kier molecular flexibility index (Phi) is 3.88. The molecular weight excluding hydrogens is 300 g/mol. The fourth-order valence-electron chi connectivity index (χ4n) is 3.40. The molecule has 1 aromatic heterocycles. The van der Waals surface area contributed by atoms with E-state index >= 15 is 0 Å². The van der Waals surface area contributed by atoms with E-state index in [0.717, 1.165) is 17.7 Å². The van der Waals surface area contributed by atoms with Gasteiger partial charge in [0.25, 0.3) is 0 Å². The van der Waals surface area contributed by atoms with Crippen LogP contribution in [0.3, 0.4) is 0 Å². The minimum Gasteiger partial charge on any atom is -0.387 e. The molecule has 3 aromatic rings. The normalized spacial score (nSPS) is 20.8. The average Bonchev–Trinajstić information content (AvgIpc) is 3.25. The number of benzene rings is 2. The van der Waals surface area contributed by atoms with Gasteiger partial charge in [-0.3, -0.25) is 0 Å². The van der Waals surface area contributed by atoms with E-state index in [2.05, 4.69) is 40.8 Å². The minimum atomic E-state index is -0.446. The van der Waals surface area contributed by atoms with Crippen molar-refractivity contribution in [2.45, 2.75) is 31.5 Å². The molecule has 5 nitrogen and oxygen atoms in total. The maximum absolute atomic E-state index is 10.5. The van der Waals surface area contributed by atoms with E-state index in [-0.39, 0.29) is 12.1 Å². The van der Waals surface area contributed by atoms with Gasteiger partial charge in [-0.2, -0.15) is 0 Å². The number of hydrogen-bond donors (Lipinski definition) is 2. The van der Waals surface area contributed by atoms with Crippen molar-refractivity contribution in [3.8, 4) is 5.69 Å². The third-order valence-corrected chi connectivity index (χ3v) is 4.74. The largest absolute Gasteiger partial charge is 0.387 e. The molecule has 5 heteroatoms. The maximum Gasteiger partial charge on any atom is 0.0949 e. The SMILES string of the molecule is CC(NC1Cc2ccccc2C1O)c1ccc(-n2ccnn2)cc1. The number of fused-ring (bicyclic) bond motifs is 1. The standard InChI is InChI=1S/C19H20N4O/c1-13(14-6-8-16(9-7-14)23-11-10-20-22-23)21-18-12-15-4-2-3-5-17(15)19(18)24/h2-11,13,18-19,21,24H,12H2,1H3. The quantitative estimate of drug-likeness (QED) is 0.775. The molecule has 3 unspecified atom stereocenters. The molecule has 0 saturated heterocycles. The smallest absolute Gasteiger partial charge is 0.0949 e. The number of rotatable bonds is 4. The summed E-state index contributed by atoms with van der Waals surface area (Å²) in [6, 6.07) is 16.6. The van der Waals surface area contributed by atoms with E-state index in [0.29, 0.717) is 0 Å². The molecule has 4 rings (SSSR count). The Bertz CT molecular complexity index is 814. The molecule has 0 fully saturated rings. The van der Waals surface area contributed by atoms with Crippen molar-refractivity contribution >= 4 is 0 Å². The summed E-state index contributed by atoms with van der Waals surface area (Å²) in [6.45, 7) is 2.13. The van der Waals surface area contributed by atoms with Crippen LogP contribution in [0.15, 0.2) is 60.9 Å². The maximum atomic E-state index is 10.5. The van der Waals surface area contributed by atoms with Crippen LogP contribution in [-0.2, 0) is 6.42 Å². The monoisotopic (exact) mass is 320 g/mol. The Morgan fingerprint density at radius 3 is 2.67 bits per heavy atom. The second-order valence-electron chi connectivity index (χ2n) is 6.28. The van der Waals surface area contributed by atoms with Crippen LogP contribution in [0.1, 0.15) is 35.8 Å². The van der Waals surface area contributed by atoms with E-state index in [4.69, 9.17) is 0 Å². The van der Waals surface area contributed by atoms with Crippen LogP contribution in [0.4, 0.5) is 0 Å². The highest BCUT2D eigenvalue weighted by Gasteiger charge is 2.31. The van der Waals surface area contributed by atoms with Crippen LogP contribution < -0.4 is 5.32 Å². The van der Waals surface area contributed by atoms with Gasteiger partial charge in [0.2, 0.25) is 0 Å². The van der Waals surface area contributed by atoms with Crippen molar-refractivity contribution in [3.63, 3.8) is 0 Å². The summed E-state index contributed by atoms with van der Waals surface area (Å²) in [7, 11) is 0. The molecule has 0 amide bonds. The topological polar surface area (TPSA) is 63.0 Å². The van der Waals surface area contributed by atoms with E-state index in [9.17, 15) is 5.11 Å². The first-order valence-electron chi connectivity index (χ1n) is 8.21. The molecule has 0 saturated carbocycles. The van der Waals surface area contributed by atoms with Crippen LogP contribution in [0.25, 0.3) is 5.69 Å². The highest BCUT2D eigenvalue weighted by Crippen LogP contribution is 2.32. The fraction of sp³-hybridized carbons (Fsp3) is 0.263. The van der Waals surface area contributed by atoms with E-state index in [1.54, 1.807) is 10.9 Å². The lowest BCUT2D eigenvalue weighted by Gasteiger charge is -2.23. The summed E-state index contributed by atoms with van der Waals surface area (Å²) >= 11 is 0. The zero-order valence-corrected chi connectivity index (χ0v) is 13.5. The average molecular weight is 320 g/mol. The van der Waals surface area contributed by atoms with E-state index in [1.807, 2.05) is 36.5 Å².